The van der Waals surface area contributed by atoms with Crippen LogP contribution in [0.4, 0.5) is 5.95 Å². The molecule has 1 atom stereocenters. The maximum Gasteiger partial charge on any atom is 0.268 e. The van der Waals surface area contributed by atoms with Gasteiger partial charge in [0.25, 0.3) is 5.91 Å². The van der Waals surface area contributed by atoms with Crippen LogP contribution in [0.5, 0.6) is 0 Å². The highest BCUT2D eigenvalue weighted by molar-refractivity contribution is 6.43. The zero-order valence-corrected chi connectivity index (χ0v) is 14.6. The van der Waals surface area contributed by atoms with Gasteiger partial charge in [0.05, 0.1) is 15.7 Å². The Morgan fingerprint density at radius 2 is 2.12 bits per heavy atom. The van der Waals surface area contributed by atoms with E-state index in [9.17, 15) is 4.79 Å². The molecule has 1 unspecified atom stereocenters. The Balaban J connectivity index is 2.17. The molecule has 126 valence electrons. The van der Waals surface area contributed by atoms with Crippen LogP contribution in [-0.4, -0.2) is 35.0 Å². The van der Waals surface area contributed by atoms with Crippen molar-refractivity contribution in [2.24, 2.45) is 11.5 Å². The Bertz CT molecular complexity index is 809. The highest BCUT2D eigenvalue weighted by Crippen LogP contribution is 2.37. The van der Waals surface area contributed by atoms with E-state index in [0.29, 0.717) is 39.4 Å². The number of anilines is 1. The summed E-state index contributed by atoms with van der Waals surface area (Å²) in [7, 11) is 0. The topological polar surface area (TPSA) is 98.1 Å². The number of aryl methyl sites for hydroxylation is 1. The van der Waals surface area contributed by atoms with E-state index < -0.39 is 5.91 Å². The van der Waals surface area contributed by atoms with Crippen LogP contribution in [0, 0.1) is 6.92 Å². The quantitative estimate of drug-likeness (QED) is 0.866. The molecule has 6 nitrogen and oxygen atoms in total. The number of nitrogens with zero attached hydrogens (tertiary/aromatic N) is 3. The van der Waals surface area contributed by atoms with Gasteiger partial charge < -0.3 is 16.4 Å². The van der Waals surface area contributed by atoms with Gasteiger partial charge in [-0.1, -0.05) is 35.3 Å². The monoisotopic (exact) mass is 365 g/mol. The molecule has 0 radical (unpaired) electrons. The number of benzene rings is 1. The van der Waals surface area contributed by atoms with Crippen molar-refractivity contribution >= 4 is 35.1 Å². The summed E-state index contributed by atoms with van der Waals surface area (Å²) in [6, 6.07) is 5.37. The average Bonchev–Trinajstić information content (AvgIpc) is 2.49. The maximum atomic E-state index is 12.0. The molecule has 3 rings (SSSR count). The van der Waals surface area contributed by atoms with Gasteiger partial charge in [0.1, 0.15) is 5.69 Å². The third-order valence-corrected chi connectivity index (χ3v) is 5.02. The standard InChI is InChI=1S/C16H17Cl2N5O/c1-8-12(10-3-2-4-11(17)13(10)18)14(15(20)24)22-16(21-8)23-6-5-9(23)7-19/h2-4,9H,5-7,19H2,1H3,(H2,20,24). The van der Waals surface area contributed by atoms with E-state index >= 15 is 0 Å². The lowest BCUT2D eigenvalue weighted by atomic mass is 10.0. The van der Waals surface area contributed by atoms with Crippen LogP contribution in [0.25, 0.3) is 11.1 Å². The van der Waals surface area contributed by atoms with Gasteiger partial charge in [-0.3, -0.25) is 4.79 Å². The molecule has 24 heavy (non-hydrogen) atoms. The molecule has 1 amide bonds. The summed E-state index contributed by atoms with van der Waals surface area (Å²) < 4.78 is 0. The van der Waals surface area contributed by atoms with Crippen molar-refractivity contribution in [3.05, 3.63) is 39.6 Å². The Morgan fingerprint density at radius 3 is 2.71 bits per heavy atom. The Hall–Kier alpha value is -1.89. The molecule has 8 heteroatoms. The zero-order chi connectivity index (χ0) is 17.4. The molecular formula is C16H17Cl2N5O. The van der Waals surface area contributed by atoms with Gasteiger partial charge in [-0.05, 0) is 19.4 Å². The first-order chi connectivity index (χ1) is 11.4. The SMILES string of the molecule is Cc1nc(N2CCC2CN)nc(C(N)=O)c1-c1cccc(Cl)c1Cl. The predicted octanol–water partition coefficient (Wildman–Crippen LogP) is 2.40. The normalized spacial score (nSPS) is 16.8. The molecule has 1 saturated heterocycles. The number of hydrogen-bond donors (Lipinski definition) is 2. The van der Waals surface area contributed by atoms with E-state index in [1.165, 1.54) is 0 Å². The van der Waals surface area contributed by atoms with Gasteiger partial charge in [-0.2, -0.15) is 0 Å². The van der Waals surface area contributed by atoms with Crippen molar-refractivity contribution in [2.75, 3.05) is 18.0 Å². The molecule has 2 aromatic rings. The van der Waals surface area contributed by atoms with Crippen LogP contribution in [-0.2, 0) is 0 Å². The van der Waals surface area contributed by atoms with Gasteiger partial charge in [0.15, 0.2) is 0 Å². The lowest BCUT2D eigenvalue weighted by Gasteiger charge is -2.40. The number of halogens is 2. The number of primary amides is 1. The fourth-order valence-corrected chi connectivity index (χ4v) is 3.23. The first kappa shape index (κ1) is 17.0. The predicted molar refractivity (Wildman–Crippen MR) is 95.5 cm³/mol. The summed E-state index contributed by atoms with van der Waals surface area (Å²) in [5.41, 5.74) is 13.1. The molecule has 0 saturated carbocycles. The lowest BCUT2D eigenvalue weighted by Crippen LogP contribution is -2.52. The number of carbonyl (C=O) groups excluding carboxylic acids is 1. The van der Waals surface area contributed by atoms with E-state index in [-0.39, 0.29) is 11.7 Å². The summed E-state index contributed by atoms with van der Waals surface area (Å²) in [5.74, 6) is -0.178. The third-order valence-electron chi connectivity index (χ3n) is 4.21. The van der Waals surface area contributed by atoms with Crippen LogP contribution in [0.15, 0.2) is 18.2 Å². The highest BCUT2D eigenvalue weighted by atomic mass is 35.5. The van der Waals surface area contributed by atoms with E-state index in [4.69, 9.17) is 34.7 Å². The number of carbonyl (C=O) groups is 1. The fourth-order valence-electron chi connectivity index (χ4n) is 2.83. The Kier molecular flexibility index (Phi) is 4.62. The second kappa shape index (κ2) is 6.55. The Labute approximate surface area is 149 Å². The summed E-state index contributed by atoms with van der Waals surface area (Å²) in [4.78, 5) is 22.9. The minimum absolute atomic E-state index is 0.129. The maximum absolute atomic E-state index is 12.0. The summed E-state index contributed by atoms with van der Waals surface area (Å²) in [5, 5.41) is 0.726. The van der Waals surface area contributed by atoms with Crippen molar-refractivity contribution < 1.29 is 4.79 Å². The molecule has 0 aliphatic carbocycles. The van der Waals surface area contributed by atoms with Crippen LogP contribution in [0.1, 0.15) is 22.6 Å². The van der Waals surface area contributed by atoms with Crippen LogP contribution >= 0.6 is 23.2 Å². The molecule has 1 aliphatic heterocycles. The van der Waals surface area contributed by atoms with Gasteiger partial charge in [-0.25, -0.2) is 9.97 Å². The van der Waals surface area contributed by atoms with Crippen LogP contribution < -0.4 is 16.4 Å². The van der Waals surface area contributed by atoms with E-state index in [1.807, 2.05) is 4.90 Å². The van der Waals surface area contributed by atoms with Crippen molar-refractivity contribution in [3.8, 4) is 11.1 Å². The molecule has 1 aromatic carbocycles. The molecule has 1 fully saturated rings. The second-order valence-corrected chi connectivity index (χ2v) is 6.46. The molecule has 1 aromatic heterocycles. The first-order valence-electron chi connectivity index (χ1n) is 7.53. The summed E-state index contributed by atoms with van der Waals surface area (Å²) >= 11 is 12.4. The average molecular weight is 366 g/mol. The van der Waals surface area contributed by atoms with E-state index in [0.717, 1.165) is 13.0 Å². The fraction of sp³-hybridized carbons (Fsp3) is 0.312. The second-order valence-electron chi connectivity index (χ2n) is 5.67. The van der Waals surface area contributed by atoms with E-state index in [2.05, 4.69) is 9.97 Å². The van der Waals surface area contributed by atoms with E-state index in [1.54, 1.807) is 25.1 Å². The highest BCUT2D eigenvalue weighted by Gasteiger charge is 2.31. The first-order valence-corrected chi connectivity index (χ1v) is 8.29. The molecule has 2 heterocycles. The van der Waals surface area contributed by atoms with Crippen LogP contribution in [0.3, 0.4) is 0 Å². The van der Waals surface area contributed by atoms with Crippen molar-refractivity contribution in [1.82, 2.24) is 9.97 Å². The lowest BCUT2D eigenvalue weighted by molar-refractivity contribution is 0.0996. The molecular weight excluding hydrogens is 349 g/mol. The van der Waals surface area contributed by atoms with Crippen molar-refractivity contribution in [1.29, 1.82) is 0 Å². The van der Waals surface area contributed by atoms with Crippen LogP contribution in [0.2, 0.25) is 10.0 Å². The van der Waals surface area contributed by atoms with Gasteiger partial charge in [-0.15, -0.1) is 0 Å². The largest absolute Gasteiger partial charge is 0.364 e. The molecule has 1 aliphatic rings. The molecule has 0 spiro atoms. The summed E-state index contributed by atoms with van der Waals surface area (Å²) in [6.45, 7) is 3.11. The van der Waals surface area contributed by atoms with Gasteiger partial charge in [0.2, 0.25) is 5.95 Å². The number of aromatic nitrogens is 2. The number of nitrogens with two attached hydrogens (primary N) is 2. The smallest absolute Gasteiger partial charge is 0.268 e. The third kappa shape index (κ3) is 2.81. The Morgan fingerprint density at radius 1 is 1.38 bits per heavy atom. The van der Waals surface area contributed by atoms with Crippen molar-refractivity contribution in [3.63, 3.8) is 0 Å². The van der Waals surface area contributed by atoms with Gasteiger partial charge in [0, 0.05) is 30.3 Å². The number of hydrogen-bond acceptors (Lipinski definition) is 5. The number of rotatable bonds is 4. The van der Waals surface area contributed by atoms with Crippen molar-refractivity contribution in [2.45, 2.75) is 19.4 Å². The minimum atomic E-state index is -0.641. The molecule has 0 bridgehead atoms. The summed E-state index contributed by atoms with van der Waals surface area (Å²) in [6.07, 6.45) is 0.979. The number of amides is 1. The molecule has 4 N–H and O–H groups in total. The zero-order valence-electron chi connectivity index (χ0n) is 13.1. The van der Waals surface area contributed by atoms with Gasteiger partial charge >= 0.3 is 0 Å². The minimum Gasteiger partial charge on any atom is -0.364 e.